The highest BCUT2D eigenvalue weighted by Gasteiger charge is 1.91. The number of hydrogen-bond donors (Lipinski definition) is 0. The van der Waals surface area contributed by atoms with Crippen molar-refractivity contribution < 1.29 is 0 Å². The molecule has 0 fully saturated rings. The lowest BCUT2D eigenvalue weighted by Gasteiger charge is -2.00. The van der Waals surface area contributed by atoms with Crippen LogP contribution in [0.5, 0.6) is 0 Å². The lowest BCUT2D eigenvalue weighted by Crippen LogP contribution is -1.85. The van der Waals surface area contributed by atoms with Gasteiger partial charge in [-0.15, -0.1) is 0 Å². The standard InChI is InChI=1S/C11H16.CH4/c1-3-6-11-8-5-7-10(4-2)9-11;/h5,7-9H,3-4,6H2,1-2H3;1H4. The van der Waals surface area contributed by atoms with E-state index >= 15 is 0 Å². The Morgan fingerprint density at radius 2 is 1.75 bits per heavy atom. The van der Waals surface area contributed by atoms with E-state index < -0.39 is 0 Å². The Balaban J connectivity index is 0.00000121. The predicted octanol–water partition coefficient (Wildman–Crippen LogP) is 3.84. The third-order valence-corrected chi connectivity index (χ3v) is 1.94. The molecule has 0 bridgehead atoms. The highest BCUT2D eigenvalue weighted by molar-refractivity contribution is 5.23. The summed E-state index contributed by atoms with van der Waals surface area (Å²) >= 11 is 0. The molecule has 0 saturated heterocycles. The quantitative estimate of drug-likeness (QED) is 0.636. The molecule has 1 rings (SSSR count). The fourth-order valence-electron chi connectivity index (χ4n) is 1.29. The summed E-state index contributed by atoms with van der Waals surface area (Å²) in [6.45, 7) is 4.42. The second-order valence-corrected chi connectivity index (χ2v) is 2.92. The fraction of sp³-hybridized carbons (Fsp3) is 0.500. The van der Waals surface area contributed by atoms with E-state index in [-0.39, 0.29) is 7.43 Å². The fourth-order valence-corrected chi connectivity index (χ4v) is 1.29. The van der Waals surface area contributed by atoms with E-state index in [1.165, 1.54) is 24.0 Å². The van der Waals surface area contributed by atoms with Crippen molar-refractivity contribution in [2.24, 2.45) is 0 Å². The molecule has 0 saturated carbocycles. The molecule has 0 aliphatic heterocycles. The molecule has 0 atom stereocenters. The van der Waals surface area contributed by atoms with E-state index in [9.17, 15) is 0 Å². The van der Waals surface area contributed by atoms with Crippen LogP contribution in [0, 0.1) is 0 Å². The van der Waals surface area contributed by atoms with Gasteiger partial charge in [0, 0.05) is 0 Å². The van der Waals surface area contributed by atoms with Crippen LogP contribution in [-0.2, 0) is 12.8 Å². The summed E-state index contributed by atoms with van der Waals surface area (Å²) in [6, 6.07) is 8.87. The highest BCUT2D eigenvalue weighted by Crippen LogP contribution is 2.07. The van der Waals surface area contributed by atoms with Crippen LogP contribution < -0.4 is 0 Å². The maximum Gasteiger partial charge on any atom is -0.0281 e. The molecule has 0 aliphatic rings. The van der Waals surface area contributed by atoms with Gasteiger partial charge in [0.15, 0.2) is 0 Å². The lowest BCUT2D eigenvalue weighted by molar-refractivity contribution is 0.917. The Morgan fingerprint density at radius 1 is 1.08 bits per heavy atom. The van der Waals surface area contributed by atoms with E-state index in [1.54, 1.807) is 0 Å². The Labute approximate surface area is 76.6 Å². The molecule has 0 aromatic heterocycles. The van der Waals surface area contributed by atoms with E-state index in [0.717, 1.165) is 6.42 Å². The predicted molar refractivity (Wildman–Crippen MR) is 56.5 cm³/mol. The first-order valence-electron chi connectivity index (χ1n) is 4.44. The molecule has 0 radical (unpaired) electrons. The van der Waals surface area contributed by atoms with E-state index in [4.69, 9.17) is 0 Å². The summed E-state index contributed by atoms with van der Waals surface area (Å²) in [5.41, 5.74) is 2.93. The molecule has 0 nitrogen and oxygen atoms in total. The molecule has 0 aliphatic carbocycles. The average Bonchev–Trinajstić information content (AvgIpc) is 2.06. The van der Waals surface area contributed by atoms with Gasteiger partial charge in [-0.25, -0.2) is 0 Å². The van der Waals surface area contributed by atoms with Gasteiger partial charge >= 0.3 is 0 Å². The molecule has 68 valence electrons. The van der Waals surface area contributed by atoms with E-state index in [1.807, 2.05) is 0 Å². The van der Waals surface area contributed by atoms with Gasteiger partial charge in [-0.05, 0) is 24.0 Å². The third-order valence-electron chi connectivity index (χ3n) is 1.94. The Kier molecular flexibility index (Phi) is 5.44. The molecule has 0 amide bonds. The first kappa shape index (κ1) is 11.2. The largest absolute Gasteiger partial charge is 0.0776 e. The van der Waals surface area contributed by atoms with Crippen LogP contribution >= 0.6 is 0 Å². The van der Waals surface area contributed by atoms with Crippen LogP contribution in [0.3, 0.4) is 0 Å². The van der Waals surface area contributed by atoms with Gasteiger partial charge in [0.25, 0.3) is 0 Å². The summed E-state index contributed by atoms with van der Waals surface area (Å²) in [5.74, 6) is 0. The summed E-state index contributed by atoms with van der Waals surface area (Å²) in [4.78, 5) is 0. The molecular weight excluding hydrogens is 144 g/mol. The Bertz CT molecular complexity index is 213. The van der Waals surface area contributed by atoms with Crippen LogP contribution in [0.2, 0.25) is 0 Å². The van der Waals surface area contributed by atoms with Crippen LogP contribution in [0.25, 0.3) is 0 Å². The topological polar surface area (TPSA) is 0 Å². The Morgan fingerprint density at radius 3 is 2.33 bits per heavy atom. The third kappa shape index (κ3) is 3.08. The van der Waals surface area contributed by atoms with Gasteiger partial charge in [0.05, 0.1) is 0 Å². The first-order valence-corrected chi connectivity index (χ1v) is 4.44. The number of aryl methyl sites for hydroxylation is 2. The van der Waals surface area contributed by atoms with Gasteiger partial charge in [0.1, 0.15) is 0 Å². The number of rotatable bonds is 3. The van der Waals surface area contributed by atoms with Crippen molar-refractivity contribution in [3.63, 3.8) is 0 Å². The first-order chi connectivity index (χ1) is 5.36. The van der Waals surface area contributed by atoms with Crippen molar-refractivity contribution in [3.8, 4) is 0 Å². The van der Waals surface area contributed by atoms with Crippen LogP contribution in [0.1, 0.15) is 38.8 Å². The zero-order chi connectivity index (χ0) is 8.10. The van der Waals surface area contributed by atoms with Crippen molar-refractivity contribution >= 4 is 0 Å². The monoisotopic (exact) mass is 164 g/mol. The molecule has 0 heterocycles. The van der Waals surface area contributed by atoms with Crippen LogP contribution in [-0.4, -0.2) is 0 Å². The SMILES string of the molecule is C.CCCc1cccc(CC)c1. The smallest absolute Gasteiger partial charge is 0.0281 e. The van der Waals surface area contributed by atoms with E-state index in [2.05, 4.69) is 38.1 Å². The minimum absolute atomic E-state index is 0. The van der Waals surface area contributed by atoms with Gasteiger partial charge in [-0.2, -0.15) is 0 Å². The summed E-state index contributed by atoms with van der Waals surface area (Å²) in [6.07, 6.45) is 3.61. The minimum atomic E-state index is 0. The van der Waals surface area contributed by atoms with Crippen molar-refractivity contribution in [3.05, 3.63) is 35.4 Å². The molecule has 0 heteroatoms. The second kappa shape index (κ2) is 5.82. The van der Waals surface area contributed by atoms with Gasteiger partial charge in [-0.1, -0.05) is 52.0 Å². The maximum absolute atomic E-state index is 2.31. The van der Waals surface area contributed by atoms with Crippen molar-refractivity contribution in [2.45, 2.75) is 40.5 Å². The molecule has 12 heavy (non-hydrogen) atoms. The molecule has 0 N–H and O–H groups in total. The number of benzene rings is 1. The number of hydrogen-bond acceptors (Lipinski definition) is 0. The zero-order valence-electron chi connectivity index (χ0n) is 7.43. The van der Waals surface area contributed by atoms with Crippen molar-refractivity contribution in [1.29, 1.82) is 0 Å². The zero-order valence-corrected chi connectivity index (χ0v) is 7.43. The molecule has 1 aromatic rings. The average molecular weight is 164 g/mol. The van der Waals surface area contributed by atoms with Gasteiger partial charge < -0.3 is 0 Å². The van der Waals surface area contributed by atoms with Crippen molar-refractivity contribution in [2.75, 3.05) is 0 Å². The molecule has 0 spiro atoms. The highest BCUT2D eigenvalue weighted by atomic mass is 14.0. The molecule has 1 aromatic carbocycles. The maximum atomic E-state index is 2.31. The van der Waals surface area contributed by atoms with Gasteiger partial charge in [0.2, 0.25) is 0 Å². The lowest BCUT2D eigenvalue weighted by atomic mass is 10.1. The summed E-state index contributed by atoms with van der Waals surface area (Å²) in [7, 11) is 0. The normalized spacial score (nSPS) is 9.17. The Hall–Kier alpha value is -0.780. The van der Waals surface area contributed by atoms with Crippen molar-refractivity contribution in [1.82, 2.24) is 0 Å². The summed E-state index contributed by atoms with van der Waals surface area (Å²) < 4.78 is 0. The van der Waals surface area contributed by atoms with E-state index in [0.29, 0.717) is 0 Å². The van der Waals surface area contributed by atoms with Crippen LogP contribution in [0.4, 0.5) is 0 Å². The van der Waals surface area contributed by atoms with Gasteiger partial charge in [-0.3, -0.25) is 0 Å². The minimum Gasteiger partial charge on any atom is -0.0776 e. The molecule has 0 unspecified atom stereocenters. The second-order valence-electron chi connectivity index (χ2n) is 2.92. The van der Waals surface area contributed by atoms with Crippen LogP contribution in [0.15, 0.2) is 24.3 Å². The molecular formula is C12H20. The summed E-state index contributed by atoms with van der Waals surface area (Å²) in [5, 5.41) is 0.